The number of amides is 1. The van der Waals surface area contributed by atoms with Crippen LogP contribution in [-0.2, 0) is 20.9 Å². The molecule has 1 rings (SSSR count). The Morgan fingerprint density at radius 2 is 1.75 bits per heavy atom. The van der Waals surface area contributed by atoms with Gasteiger partial charge in [-0.05, 0) is 26.3 Å². The van der Waals surface area contributed by atoms with Crippen LogP contribution in [0.3, 0.4) is 0 Å². The molecule has 0 heterocycles. The highest BCUT2D eigenvalue weighted by molar-refractivity contribution is 5.84. The maximum Gasteiger partial charge on any atom is 0.410 e. The summed E-state index contributed by atoms with van der Waals surface area (Å²) in [7, 11) is 1.52. The molecule has 110 valence electrons. The molecule has 0 bridgehead atoms. The van der Waals surface area contributed by atoms with Crippen LogP contribution in [0.5, 0.6) is 0 Å². The molecule has 0 aromatic heterocycles. The molecule has 0 atom stereocenters. The minimum atomic E-state index is -1.07. The molecule has 20 heavy (non-hydrogen) atoms. The number of carbonyl (C=O) groups is 2. The van der Waals surface area contributed by atoms with Crippen LogP contribution >= 0.6 is 0 Å². The molecule has 5 nitrogen and oxygen atoms in total. The van der Waals surface area contributed by atoms with E-state index in [1.165, 1.54) is 11.9 Å². The van der Waals surface area contributed by atoms with Gasteiger partial charge in [-0.1, -0.05) is 30.3 Å². The number of benzene rings is 1. The van der Waals surface area contributed by atoms with Gasteiger partial charge in [-0.3, -0.25) is 4.90 Å². The smallest absolute Gasteiger partial charge is 0.410 e. The van der Waals surface area contributed by atoms with E-state index in [9.17, 15) is 9.59 Å². The van der Waals surface area contributed by atoms with Crippen LogP contribution in [0.1, 0.15) is 26.3 Å². The first-order valence-corrected chi connectivity index (χ1v) is 6.51. The van der Waals surface area contributed by atoms with Crippen LogP contribution in [0.4, 0.5) is 4.79 Å². The molecule has 1 aromatic rings. The monoisotopic (exact) mass is 279 g/mol. The van der Waals surface area contributed by atoms with Crippen molar-refractivity contribution >= 4 is 12.1 Å². The fraction of sp³-hybridized carbons (Fsp3) is 0.467. The maximum atomic E-state index is 12.0. The number of rotatable bonds is 5. The van der Waals surface area contributed by atoms with Crippen LogP contribution in [-0.4, -0.2) is 36.2 Å². The van der Waals surface area contributed by atoms with Crippen LogP contribution in [0.2, 0.25) is 0 Å². The number of ether oxygens (including phenoxy) is 2. The first-order valence-electron chi connectivity index (χ1n) is 6.51. The van der Waals surface area contributed by atoms with E-state index in [4.69, 9.17) is 9.47 Å². The lowest BCUT2D eigenvalue weighted by molar-refractivity contribution is -0.154. The standard InChI is InChI=1S/C15H21NO4/c1-5-19-13(17)15(2,3)16(4)14(18)20-11-12-9-7-6-8-10-12/h6-10H,5,11H2,1-4H3. The second kappa shape index (κ2) is 6.93. The summed E-state index contributed by atoms with van der Waals surface area (Å²) in [6.45, 7) is 5.41. The van der Waals surface area contributed by atoms with E-state index in [2.05, 4.69) is 0 Å². The van der Waals surface area contributed by atoms with Gasteiger partial charge in [-0.25, -0.2) is 9.59 Å². The zero-order valence-corrected chi connectivity index (χ0v) is 12.4. The number of hydrogen-bond donors (Lipinski definition) is 0. The fourth-order valence-electron chi connectivity index (χ4n) is 1.49. The molecule has 0 aliphatic rings. The van der Waals surface area contributed by atoms with E-state index in [1.807, 2.05) is 30.3 Å². The van der Waals surface area contributed by atoms with Gasteiger partial charge in [-0.15, -0.1) is 0 Å². The summed E-state index contributed by atoms with van der Waals surface area (Å²) in [5.74, 6) is -0.459. The average Bonchev–Trinajstić information content (AvgIpc) is 2.45. The Bertz CT molecular complexity index is 456. The van der Waals surface area contributed by atoms with Crippen LogP contribution in [0, 0.1) is 0 Å². The first kappa shape index (κ1) is 16.0. The van der Waals surface area contributed by atoms with E-state index in [-0.39, 0.29) is 13.2 Å². The summed E-state index contributed by atoms with van der Waals surface area (Å²) in [6.07, 6.45) is -0.563. The first-order chi connectivity index (χ1) is 9.39. The molecular formula is C15H21NO4. The molecule has 1 aromatic carbocycles. The van der Waals surface area contributed by atoms with Crippen molar-refractivity contribution in [3.05, 3.63) is 35.9 Å². The quantitative estimate of drug-likeness (QED) is 0.777. The molecule has 0 spiro atoms. The summed E-state index contributed by atoms with van der Waals surface area (Å²) >= 11 is 0. The molecule has 0 saturated heterocycles. The Balaban J connectivity index is 2.60. The maximum absolute atomic E-state index is 12.0. The summed E-state index contributed by atoms with van der Waals surface area (Å²) in [4.78, 5) is 25.0. The van der Waals surface area contributed by atoms with Gasteiger partial charge < -0.3 is 9.47 Å². The van der Waals surface area contributed by atoms with E-state index < -0.39 is 17.6 Å². The predicted octanol–water partition coefficient (Wildman–Crippen LogP) is 2.60. The Morgan fingerprint density at radius 3 is 2.30 bits per heavy atom. The molecule has 0 unspecified atom stereocenters. The van der Waals surface area contributed by atoms with Gasteiger partial charge in [0.15, 0.2) is 0 Å². The van der Waals surface area contributed by atoms with Gasteiger partial charge in [0.05, 0.1) is 6.61 Å². The summed E-state index contributed by atoms with van der Waals surface area (Å²) in [5.41, 5.74) is -0.174. The summed E-state index contributed by atoms with van der Waals surface area (Å²) < 4.78 is 10.1. The van der Waals surface area contributed by atoms with E-state index in [1.54, 1.807) is 20.8 Å². The molecule has 0 aliphatic carbocycles. The van der Waals surface area contributed by atoms with Crippen LogP contribution in [0.15, 0.2) is 30.3 Å². The number of nitrogens with zero attached hydrogens (tertiary/aromatic N) is 1. The molecule has 0 N–H and O–H groups in total. The molecular weight excluding hydrogens is 258 g/mol. The van der Waals surface area contributed by atoms with Crippen molar-refractivity contribution in [3.63, 3.8) is 0 Å². The van der Waals surface area contributed by atoms with Crippen molar-refractivity contribution in [1.29, 1.82) is 0 Å². The zero-order chi connectivity index (χ0) is 15.2. The van der Waals surface area contributed by atoms with Crippen LogP contribution in [0.25, 0.3) is 0 Å². The average molecular weight is 279 g/mol. The molecule has 5 heteroatoms. The number of hydrogen-bond acceptors (Lipinski definition) is 4. The van der Waals surface area contributed by atoms with E-state index in [0.29, 0.717) is 0 Å². The molecule has 1 amide bonds. The summed E-state index contributed by atoms with van der Waals surface area (Å²) in [6, 6.07) is 9.36. The normalized spacial score (nSPS) is 10.8. The second-order valence-electron chi connectivity index (χ2n) is 4.88. The largest absolute Gasteiger partial charge is 0.464 e. The molecule has 0 aliphatic heterocycles. The van der Waals surface area contributed by atoms with E-state index >= 15 is 0 Å². The zero-order valence-electron chi connectivity index (χ0n) is 12.4. The lowest BCUT2D eigenvalue weighted by Crippen LogP contribution is -2.51. The van der Waals surface area contributed by atoms with Crippen LogP contribution < -0.4 is 0 Å². The third-order valence-electron chi connectivity index (χ3n) is 3.09. The van der Waals surface area contributed by atoms with Crippen molar-refractivity contribution in [3.8, 4) is 0 Å². The fourth-order valence-corrected chi connectivity index (χ4v) is 1.49. The second-order valence-corrected chi connectivity index (χ2v) is 4.88. The summed E-state index contributed by atoms with van der Waals surface area (Å²) in [5, 5.41) is 0. The van der Waals surface area contributed by atoms with Crippen molar-refractivity contribution in [2.45, 2.75) is 32.9 Å². The Labute approximate surface area is 119 Å². The molecule has 0 saturated carbocycles. The van der Waals surface area contributed by atoms with Crippen molar-refractivity contribution in [2.75, 3.05) is 13.7 Å². The highest BCUT2D eigenvalue weighted by atomic mass is 16.6. The third-order valence-corrected chi connectivity index (χ3v) is 3.09. The van der Waals surface area contributed by atoms with Gasteiger partial charge >= 0.3 is 12.1 Å². The topological polar surface area (TPSA) is 55.8 Å². The number of esters is 1. The highest BCUT2D eigenvalue weighted by Crippen LogP contribution is 2.16. The number of carbonyl (C=O) groups excluding carboxylic acids is 2. The lowest BCUT2D eigenvalue weighted by Gasteiger charge is -2.32. The molecule has 0 radical (unpaired) electrons. The Hall–Kier alpha value is -2.04. The van der Waals surface area contributed by atoms with Crippen molar-refractivity contribution in [2.24, 2.45) is 0 Å². The number of likely N-dealkylation sites (N-methyl/N-ethyl adjacent to an activating group) is 1. The highest BCUT2D eigenvalue weighted by Gasteiger charge is 2.37. The Morgan fingerprint density at radius 1 is 1.15 bits per heavy atom. The predicted molar refractivity (Wildman–Crippen MR) is 75.1 cm³/mol. The van der Waals surface area contributed by atoms with Crippen molar-refractivity contribution < 1.29 is 19.1 Å². The lowest BCUT2D eigenvalue weighted by atomic mass is 10.0. The van der Waals surface area contributed by atoms with E-state index in [0.717, 1.165) is 5.56 Å². The minimum Gasteiger partial charge on any atom is -0.464 e. The third kappa shape index (κ3) is 3.98. The van der Waals surface area contributed by atoms with Gasteiger partial charge in [0.25, 0.3) is 0 Å². The van der Waals surface area contributed by atoms with Crippen molar-refractivity contribution in [1.82, 2.24) is 4.90 Å². The van der Waals surface area contributed by atoms with Gasteiger partial charge in [0.1, 0.15) is 12.1 Å². The van der Waals surface area contributed by atoms with Gasteiger partial charge in [0.2, 0.25) is 0 Å². The van der Waals surface area contributed by atoms with Gasteiger partial charge in [-0.2, -0.15) is 0 Å². The molecule has 0 fully saturated rings. The Kier molecular flexibility index (Phi) is 5.55. The SMILES string of the molecule is CCOC(=O)C(C)(C)N(C)C(=O)OCc1ccccc1. The van der Waals surface area contributed by atoms with Gasteiger partial charge in [0, 0.05) is 7.05 Å². The minimum absolute atomic E-state index is 0.170.